The van der Waals surface area contributed by atoms with Crippen LogP contribution in [0.25, 0.3) is 0 Å². The molecule has 23 heavy (non-hydrogen) atoms. The number of methoxy groups -OCH3 is 1. The number of benzene rings is 1. The quantitative estimate of drug-likeness (QED) is 0.521. The van der Waals surface area contributed by atoms with E-state index in [0.717, 1.165) is 0 Å². The molecule has 120 valence electrons. The van der Waals surface area contributed by atoms with Gasteiger partial charge in [0.15, 0.2) is 5.69 Å². The van der Waals surface area contributed by atoms with Crippen molar-refractivity contribution in [3.05, 3.63) is 51.3 Å². The number of nitrogens with one attached hydrogen (secondary N) is 1. The van der Waals surface area contributed by atoms with E-state index in [9.17, 15) is 19.7 Å². The highest BCUT2D eigenvalue weighted by Gasteiger charge is 2.22. The summed E-state index contributed by atoms with van der Waals surface area (Å²) < 4.78 is 6.08. The highest BCUT2D eigenvalue weighted by Crippen LogP contribution is 2.21. The highest BCUT2D eigenvalue weighted by atomic mass is 16.6. The van der Waals surface area contributed by atoms with Crippen LogP contribution in [0.4, 0.5) is 11.4 Å². The van der Waals surface area contributed by atoms with E-state index < -0.39 is 16.8 Å². The number of esters is 1. The number of anilines is 1. The molecule has 0 aliphatic rings. The van der Waals surface area contributed by atoms with E-state index in [2.05, 4.69) is 15.2 Å². The summed E-state index contributed by atoms with van der Waals surface area (Å²) in [6.07, 6.45) is 0. The molecule has 0 radical (unpaired) electrons. The molecule has 0 unspecified atom stereocenters. The minimum absolute atomic E-state index is 0.0113. The van der Waals surface area contributed by atoms with Crippen molar-refractivity contribution in [1.82, 2.24) is 9.78 Å². The first-order valence-electron chi connectivity index (χ1n) is 6.53. The number of ether oxygens (including phenoxy) is 1. The van der Waals surface area contributed by atoms with Gasteiger partial charge in [-0.05, 0) is 19.1 Å². The van der Waals surface area contributed by atoms with E-state index in [1.54, 1.807) is 14.0 Å². The van der Waals surface area contributed by atoms with Crippen LogP contribution in [0.1, 0.15) is 26.5 Å². The standard InChI is InChI=1S/C14H14N4O5/c1-8-11(12(14(20)23-3)16-17(8)2)15-13(19)9-4-6-10(7-5-9)18(21)22/h4-7H,1-3H3,(H,15,19). The Morgan fingerprint density at radius 1 is 1.30 bits per heavy atom. The third-order valence-electron chi connectivity index (χ3n) is 3.29. The number of hydrogen-bond acceptors (Lipinski definition) is 6. The van der Waals surface area contributed by atoms with Gasteiger partial charge in [-0.25, -0.2) is 4.79 Å². The first kappa shape index (κ1) is 16.1. The first-order chi connectivity index (χ1) is 10.8. The fourth-order valence-electron chi connectivity index (χ4n) is 1.92. The molecule has 0 bridgehead atoms. The molecule has 1 amide bonds. The van der Waals surface area contributed by atoms with Crippen LogP contribution in [0.5, 0.6) is 0 Å². The molecule has 9 heteroatoms. The van der Waals surface area contributed by atoms with Crippen molar-refractivity contribution >= 4 is 23.3 Å². The predicted molar refractivity (Wildman–Crippen MR) is 80.3 cm³/mol. The second-order valence-electron chi connectivity index (χ2n) is 4.68. The number of aromatic nitrogens is 2. The summed E-state index contributed by atoms with van der Waals surface area (Å²) in [6.45, 7) is 1.69. The van der Waals surface area contributed by atoms with E-state index in [4.69, 9.17) is 0 Å². The van der Waals surface area contributed by atoms with E-state index in [1.165, 1.54) is 36.1 Å². The lowest BCUT2D eigenvalue weighted by molar-refractivity contribution is -0.384. The summed E-state index contributed by atoms with van der Waals surface area (Å²) in [4.78, 5) is 34.0. The summed E-state index contributed by atoms with van der Waals surface area (Å²) in [7, 11) is 2.84. The van der Waals surface area contributed by atoms with Gasteiger partial charge in [0.25, 0.3) is 11.6 Å². The molecular weight excluding hydrogens is 304 g/mol. The van der Waals surface area contributed by atoms with Crippen molar-refractivity contribution in [2.75, 3.05) is 12.4 Å². The van der Waals surface area contributed by atoms with Gasteiger partial charge in [0.1, 0.15) is 0 Å². The predicted octanol–water partition coefficient (Wildman–Crippen LogP) is 1.68. The molecule has 0 aliphatic carbocycles. The topological polar surface area (TPSA) is 116 Å². The van der Waals surface area contributed by atoms with Crippen LogP contribution in [-0.4, -0.2) is 33.7 Å². The minimum Gasteiger partial charge on any atom is -0.464 e. The molecule has 0 aliphatic heterocycles. The average Bonchev–Trinajstić information content (AvgIpc) is 2.82. The Kier molecular flexibility index (Phi) is 4.39. The third kappa shape index (κ3) is 3.18. The van der Waals surface area contributed by atoms with E-state index >= 15 is 0 Å². The van der Waals surface area contributed by atoms with Crippen LogP contribution in [-0.2, 0) is 11.8 Å². The number of non-ortho nitro benzene ring substituents is 1. The number of rotatable bonds is 4. The molecule has 1 N–H and O–H groups in total. The average molecular weight is 318 g/mol. The zero-order valence-corrected chi connectivity index (χ0v) is 12.7. The van der Waals surface area contributed by atoms with Gasteiger partial charge in [-0.3, -0.25) is 19.6 Å². The lowest BCUT2D eigenvalue weighted by Gasteiger charge is -2.06. The maximum Gasteiger partial charge on any atom is 0.360 e. The Hall–Kier alpha value is -3.23. The zero-order chi connectivity index (χ0) is 17.1. The van der Waals surface area contributed by atoms with Crippen molar-refractivity contribution < 1.29 is 19.2 Å². The number of nitro groups is 1. The van der Waals surface area contributed by atoms with E-state index in [-0.39, 0.29) is 22.6 Å². The molecule has 0 atom stereocenters. The Labute approximate surface area is 131 Å². The van der Waals surface area contributed by atoms with E-state index in [1.807, 2.05) is 0 Å². The molecule has 1 aromatic carbocycles. The number of aryl methyl sites for hydroxylation is 1. The second-order valence-corrected chi connectivity index (χ2v) is 4.68. The van der Waals surface area contributed by atoms with Gasteiger partial charge >= 0.3 is 5.97 Å². The van der Waals surface area contributed by atoms with Crippen molar-refractivity contribution in [3.8, 4) is 0 Å². The van der Waals surface area contributed by atoms with Crippen LogP contribution < -0.4 is 5.32 Å². The maximum atomic E-state index is 12.2. The van der Waals surface area contributed by atoms with Crippen LogP contribution in [0.3, 0.4) is 0 Å². The third-order valence-corrected chi connectivity index (χ3v) is 3.29. The maximum absolute atomic E-state index is 12.2. The van der Waals surface area contributed by atoms with Crippen LogP contribution in [0.15, 0.2) is 24.3 Å². The van der Waals surface area contributed by atoms with Gasteiger partial charge in [0.05, 0.1) is 23.4 Å². The molecule has 0 saturated carbocycles. The Morgan fingerprint density at radius 3 is 2.43 bits per heavy atom. The molecule has 9 nitrogen and oxygen atoms in total. The molecule has 0 spiro atoms. The SMILES string of the molecule is COC(=O)c1nn(C)c(C)c1NC(=O)c1ccc([N+](=O)[O-])cc1. The van der Waals surface area contributed by atoms with Crippen molar-refractivity contribution in [1.29, 1.82) is 0 Å². The molecule has 0 saturated heterocycles. The van der Waals surface area contributed by atoms with Crippen LogP contribution in [0, 0.1) is 17.0 Å². The monoisotopic (exact) mass is 318 g/mol. The number of amides is 1. The lowest BCUT2D eigenvalue weighted by Crippen LogP contribution is -2.15. The Bertz CT molecular complexity index is 779. The van der Waals surface area contributed by atoms with E-state index in [0.29, 0.717) is 5.69 Å². The molecule has 0 fully saturated rings. The van der Waals surface area contributed by atoms with Gasteiger partial charge in [-0.1, -0.05) is 0 Å². The summed E-state index contributed by atoms with van der Waals surface area (Å²) in [6, 6.07) is 5.12. The summed E-state index contributed by atoms with van der Waals surface area (Å²) in [5.74, 6) is -1.19. The van der Waals surface area contributed by atoms with Crippen molar-refractivity contribution in [3.63, 3.8) is 0 Å². The fourth-order valence-corrected chi connectivity index (χ4v) is 1.92. The smallest absolute Gasteiger partial charge is 0.360 e. The van der Waals surface area contributed by atoms with Gasteiger partial charge in [-0.2, -0.15) is 5.10 Å². The minimum atomic E-state index is -0.673. The largest absolute Gasteiger partial charge is 0.464 e. The number of nitrogens with zero attached hydrogens (tertiary/aromatic N) is 3. The number of carbonyl (C=O) groups is 2. The Balaban J connectivity index is 2.30. The van der Waals surface area contributed by atoms with Crippen LogP contribution in [0.2, 0.25) is 0 Å². The number of nitro benzene ring substituents is 1. The van der Waals surface area contributed by atoms with Gasteiger partial charge in [0, 0.05) is 24.7 Å². The fraction of sp³-hybridized carbons (Fsp3) is 0.214. The molecule has 1 heterocycles. The first-order valence-corrected chi connectivity index (χ1v) is 6.53. The molecule has 2 rings (SSSR count). The number of carbonyl (C=O) groups excluding carboxylic acids is 2. The molecular formula is C14H14N4O5. The van der Waals surface area contributed by atoms with Gasteiger partial charge in [-0.15, -0.1) is 0 Å². The van der Waals surface area contributed by atoms with Gasteiger partial charge in [0.2, 0.25) is 0 Å². The van der Waals surface area contributed by atoms with Crippen molar-refractivity contribution in [2.24, 2.45) is 7.05 Å². The molecule has 2 aromatic rings. The summed E-state index contributed by atoms with van der Waals surface area (Å²) in [5.41, 5.74) is 0.898. The highest BCUT2D eigenvalue weighted by molar-refractivity contribution is 6.08. The Morgan fingerprint density at radius 2 is 1.91 bits per heavy atom. The summed E-state index contributed by atoms with van der Waals surface area (Å²) >= 11 is 0. The van der Waals surface area contributed by atoms with Gasteiger partial charge < -0.3 is 10.1 Å². The van der Waals surface area contributed by atoms with Crippen molar-refractivity contribution in [2.45, 2.75) is 6.92 Å². The van der Waals surface area contributed by atoms with Crippen LogP contribution >= 0.6 is 0 Å². The number of hydrogen-bond donors (Lipinski definition) is 1. The normalized spacial score (nSPS) is 10.2. The zero-order valence-electron chi connectivity index (χ0n) is 12.7. The second kappa shape index (κ2) is 6.26. The summed E-state index contributed by atoms with van der Waals surface area (Å²) in [5, 5.41) is 17.2. The molecule has 1 aromatic heterocycles. The lowest BCUT2D eigenvalue weighted by atomic mass is 10.2.